The third kappa shape index (κ3) is 2.25. The average Bonchev–Trinajstić information content (AvgIpc) is 2.45. The number of ether oxygens (including phenoxy) is 2. The van der Waals surface area contributed by atoms with Crippen molar-refractivity contribution in [3.8, 4) is 11.1 Å². The average molecular weight is 398 g/mol. The van der Waals surface area contributed by atoms with E-state index in [2.05, 4.69) is 68.3 Å². The van der Waals surface area contributed by atoms with Gasteiger partial charge in [0.1, 0.15) is 12.2 Å². The molecule has 0 aliphatic heterocycles. The van der Waals surface area contributed by atoms with Crippen LogP contribution in [0.25, 0.3) is 11.1 Å². The SMILES string of the molecule is CO[C@H]1c2cc(Br)ccc2-c2ccc(Br)cc2[C@@H]1OC. The zero-order chi connectivity index (χ0) is 14.3. The lowest BCUT2D eigenvalue weighted by atomic mass is 9.82. The monoisotopic (exact) mass is 396 g/mol. The summed E-state index contributed by atoms with van der Waals surface area (Å²) in [4.78, 5) is 0. The summed E-state index contributed by atoms with van der Waals surface area (Å²) in [6, 6.07) is 12.6. The topological polar surface area (TPSA) is 18.5 Å². The van der Waals surface area contributed by atoms with Gasteiger partial charge in [-0.05, 0) is 46.5 Å². The molecule has 0 N–H and O–H groups in total. The number of hydrogen-bond acceptors (Lipinski definition) is 2. The van der Waals surface area contributed by atoms with Crippen molar-refractivity contribution in [3.63, 3.8) is 0 Å². The summed E-state index contributed by atoms with van der Waals surface area (Å²) in [7, 11) is 3.45. The third-order valence-corrected chi connectivity index (χ3v) is 4.70. The van der Waals surface area contributed by atoms with Crippen LogP contribution in [0.15, 0.2) is 45.3 Å². The molecule has 0 radical (unpaired) electrons. The second-order valence-corrected chi connectivity index (χ2v) is 6.61. The van der Waals surface area contributed by atoms with Gasteiger partial charge < -0.3 is 9.47 Å². The van der Waals surface area contributed by atoms with Crippen LogP contribution in [-0.2, 0) is 9.47 Å². The first-order valence-corrected chi connectivity index (χ1v) is 7.89. The molecule has 0 unspecified atom stereocenters. The van der Waals surface area contributed by atoms with Crippen molar-refractivity contribution in [3.05, 3.63) is 56.5 Å². The molecule has 0 fully saturated rings. The summed E-state index contributed by atoms with van der Waals surface area (Å²) in [6.45, 7) is 0. The number of hydrogen-bond donors (Lipinski definition) is 0. The molecule has 3 rings (SSSR count). The highest BCUT2D eigenvalue weighted by molar-refractivity contribution is 9.10. The molecule has 0 aromatic heterocycles. The van der Waals surface area contributed by atoms with E-state index >= 15 is 0 Å². The molecule has 4 heteroatoms. The van der Waals surface area contributed by atoms with Crippen LogP contribution in [0.2, 0.25) is 0 Å². The van der Waals surface area contributed by atoms with E-state index in [-0.39, 0.29) is 12.2 Å². The molecular formula is C16H14Br2O2. The second kappa shape index (κ2) is 5.60. The summed E-state index contributed by atoms with van der Waals surface area (Å²) in [5, 5.41) is 0. The maximum Gasteiger partial charge on any atom is 0.113 e. The van der Waals surface area contributed by atoms with E-state index in [1.165, 1.54) is 11.1 Å². The van der Waals surface area contributed by atoms with Crippen molar-refractivity contribution in [2.75, 3.05) is 14.2 Å². The zero-order valence-electron chi connectivity index (χ0n) is 11.2. The predicted molar refractivity (Wildman–Crippen MR) is 86.8 cm³/mol. The Morgan fingerprint density at radius 2 is 1.15 bits per heavy atom. The molecule has 2 aromatic rings. The van der Waals surface area contributed by atoms with Gasteiger partial charge in [0.25, 0.3) is 0 Å². The van der Waals surface area contributed by atoms with E-state index in [1.54, 1.807) is 14.2 Å². The minimum Gasteiger partial charge on any atom is -0.374 e. The zero-order valence-corrected chi connectivity index (χ0v) is 14.4. The van der Waals surface area contributed by atoms with Gasteiger partial charge in [0, 0.05) is 23.2 Å². The summed E-state index contributed by atoms with van der Waals surface area (Å²) < 4.78 is 13.5. The molecule has 0 saturated carbocycles. The van der Waals surface area contributed by atoms with Crippen molar-refractivity contribution in [1.82, 2.24) is 0 Å². The fourth-order valence-corrected chi connectivity index (χ4v) is 3.61. The van der Waals surface area contributed by atoms with E-state index < -0.39 is 0 Å². The number of methoxy groups -OCH3 is 2. The second-order valence-electron chi connectivity index (χ2n) is 4.78. The van der Waals surface area contributed by atoms with Gasteiger partial charge >= 0.3 is 0 Å². The minimum absolute atomic E-state index is 0.103. The molecule has 2 atom stereocenters. The van der Waals surface area contributed by atoms with Crippen molar-refractivity contribution in [2.24, 2.45) is 0 Å². The third-order valence-electron chi connectivity index (χ3n) is 3.71. The first kappa shape index (κ1) is 14.3. The van der Waals surface area contributed by atoms with Gasteiger partial charge in [0.05, 0.1) is 0 Å². The normalized spacial score (nSPS) is 20.4. The first-order chi connectivity index (χ1) is 9.65. The van der Waals surface area contributed by atoms with Crippen LogP contribution >= 0.6 is 31.9 Å². The van der Waals surface area contributed by atoms with E-state index in [9.17, 15) is 0 Å². The molecule has 2 aromatic carbocycles. The van der Waals surface area contributed by atoms with Crippen molar-refractivity contribution in [1.29, 1.82) is 0 Å². The smallest absolute Gasteiger partial charge is 0.113 e. The first-order valence-electron chi connectivity index (χ1n) is 6.30. The number of halogens is 2. The van der Waals surface area contributed by atoms with E-state index in [0.717, 1.165) is 20.1 Å². The van der Waals surface area contributed by atoms with Crippen molar-refractivity contribution in [2.45, 2.75) is 12.2 Å². The molecule has 0 heterocycles. The molecule has 0 bridgehead atoms. The van der Waals surface area contributed by atoms with Gasteiger partial charge in [-0.1, -0.05) is 44.0 Å². The fourth-order valence-electron chi connectivity index (χ4n) is 2.86. The molecule has 2 nitrogen and oxygen atoms in total. The molecule has 0 saturated heterocycles. The summed E-state index contributed by atoms with van der Waals surface area (Å²) in [5.74, 6) is 0. The van der Waals surface area contributed by atoms with E-state index in [1.807, 2.05) is 0 Å². The van der Waals surface area contributed by atoms with Crippen LogP contribution < -0.4 is 0 Å². The molecule has 104 valence electrons. The van der Waals surface area contributed by atoms with Crippen molar-refractivity contribution < 1.29 is 9.47 Å². The van der Waals surface area contributed by atoms with Crippen LogP contribution in [0.4, 0.5) is 0 Å². The van der Waals surface area contributed by atoms with E-state index in [4.69, 9.17) is 9.47 Å². The quantitative estimate of drug-likeness (QED) is 0.687. The summed E-state index contributed by atoms with van der Waals surface area (Å²) in [5.41, 5.74) is 4.72. The van der Waals surface area contributed by atoms with Crippen LogP contribution in [0.5, 0.6) is 0 Å². The predicted octanol–water partition coefficient (Wildman–Crippen LogP) is 5.27. The Balaban J connectivity index is 2.29. The van der Waals surface area contributed by atoms with Crippen LogP contribution in [0, 0.1) is 0 Å². The highest BCUT2D eigenvalue weighted by Gasteiger charge is 2.34. The maximum atomic E-state index is 5.71. The highest BCUT2D eigenvalue weighted by Crippen LogP contribution is 2.48. The Morgan fingerprint density at radius 1 is 0.750 bits per heavy atom. The van der Waals surface area contributed by atoms with Gasteiger partial charge in [-0.2, -0.15) is 0 Å². The fraction of sp³-hybridized carbons (Fsp3) is 0.250. The molecular weight excluding hydrogens is 384 g/mol. The molecule has 20 heavy (non-hydrogen) atoms. The number of rotatable bonds is 2. The highest BCUT2D eigenvalue weighted by atomic mass is 79.9. The molecule has 1 aliphatic rings. The Bertz CT molecular complexity index is 597. The minimum atomic E-state index is -0.103. The summed E-state index contributed by atoms with van der Waals surface area (Å²) in [6.07, 6.45) is -0.205. The Labute approximate surface area is 135 Å². The Hall–Kier alpha value is -0.680. The van der Waals surface area contributed by atoms with Crippen LogP contribution in [-0.4, -0.2) is 14.2 Å². The number of fused-ring (bicyclic) bond motifs is 3. The lowest BCUT2D eigenvalue weighted by Crippen LogP contribution is -2.21. The number of benzene rings is 2. The molecule has 1 aliphatic carbocycles. The van der Waals surface area contributed by atoms with Crippen molar-refractivity contribution >= 4 is 31.9 Å². The Morgan fingerprint density at radius 3 is 1.50 bits per heavy atom. The summed E-state index contributed by atoms with van der Waals surface area (Å²) >= 11 is 7.07. The molecule has 0 amide bonds. The largest absolute Gasteiger partial charge is 0.374 e. The molecule has 0 spiro atoms. The maximum absolute atomic E-state index is 5.71. The van der Waals surface area contributed by atoms with Gasteiger partial charge in [-0.15, -0.1) is 0 Å². The Kier molecular flexibility index (Phi) is 4.00. The van der Waals surface area contributed by atoms with Gasteiger partial charge in [-0.3, -0.25) is 0 Å². The lowest BCUT2D eigenvalue weighted by Gasteiger charge is -2.34. The standard InChI is InChI=1S/C16H14Br2O2/c1-19-15-13-7-9(17)3-5-11(13)12-6-4-10(18)8-14(12)16(15)20-2/h3-8,15-16H,1-2H3/t15-,16-/m0/s1. The van der Waals surface area contributed by atoms with E-state index in [0.29, 0.717) is 0 Å². The van der Waals surface area contributed by atoms with Crippen LogP contribution in [0.1, 0.15) is 23.3 Å². The van der Waals surface area contributed by atoms with Gasteiger partial charge in [0.15, 0.2) is 0 Å². The van der Waals surface area contributed by atoms with Gasteiger partial charge in [-0.25, -0.2) is 0 Å². The lowest BCUT2D eigenvalue weighted by molar-refractivity contribution is -0.0409. The van der Waals surface area contributed by atoms with Crippen LogP contribution in [0.3, 0.4) is 0 Å². The van der Waals surface area contributed by atoms with Gasteiger partial charge in [0.2, 0.25) is 0 Å².